The number of aromatic amines is 1. The highest BCUT2D eigenvalue weighted by Crippen LogP contribution is 2.53. The molecule has 0 amide bonds. The van der Waals surface area contributed by atoms with Crippen LogP contribution in [0.15, 0.2) is 12.4 Å². The van der Waals surface area contributed by atoms with Crippen molar-refractivity contribution >= 4 is 0 Å². The number of H-pyrrole nitrogens is 1. The molecule has 0 radical (unpaired) electrons. The fourth-order valence-electron chi connectivity index (χ4n) is 1.91. The standard InChI is InChI=1S/C10H16N2O/c1-10(2)6-7(10)8(13)5-9-11-3-4-12-9/h3-4,7-8,13H,5-6H2,1-2H3,(H,11,12). The molecule has 3 nitrogen and oxygen atoms in total. The van der Waals surface area contributed by atoms with Crippen LogP contribution in [0.2, 0.25) is 0 Å². The van der Waals surface area contributed by atoms with Gasteiger partial charge in [0.25, 0.3) is 0 Å². The van der Waals surface area contributed by atoms with Crippen molar-refractivity contribution in [2.45, 2.75) is 32.8 Å². The van der Waals surface area contributed by atoms with Crippen LogP contribution in [0, 0.1) is 11.3 Å². The molecule has 0 aromatic carbocycles. The zero-order valence-electron chi connectivity index (χ0n) is 8.12. The summed E-state index contributed by atoms with van der Waals surface area (Å²) in [6.07, 6.45) is 5.07. The maximum Gasteiger partial charge on any atom is 0.108 e. The molecule has 2 rings (SSSR count). The Hall–Kier alpha value is -0.830. The van der Waals surface area contributed by atoms with Crippen molar-refractivity contribution in [3.8, 4) is 0 Å². The fraction of sp³-hybridized carbons (Fsp3) is 0.700. The van der Waals surface area contributed by atoms with Gasteiger partial charge in [0, 0.05) is 18.8 Å². The third-order valence-corrected chi connectivity index (χ3v) is 3.01. The Bertz CT molecular complexity index is 279. The van der Waals surface area contributed by atoms with Crippen LogP contribution in [0.3, 0.4) is 0 Å². The lowest BCUT2D eigenvalue weighted by molar-refractivity contribution is 0.135. The molecule has 3 heteroatoms. The summed E-state index contributed by atoms with van der Waals surface area (Å²) in [4.78, 5) is 7.11. The Labute approximate surface area is 78.2 Å². The molecule has 2 N–H and O–H groups in total. The van der Waals surface area contributed by atoms with Crippen LogP contribution in [-0.2, 0) is 6.42 Å². The first-order valence-electron chi connectivity index (χ1n) is 4.76. The van der Waals surface area contributed by atoms with Gasteiger partial charge >= 0.3 is 0 Å². The molecule has 0 spiro atoms. The topological polar surface area (TPSA) is 48.9 Å². The molecule has 1 heterocycles. The highest BCUT2D eigenvalue weighted by Gasteiger charge is 2.49. The van der Waals surface area contributed by atoms with Crippen molar-refractivity contribution in [3.63, 3.8) is 0 Å². The molecule has 72 valence electrons. The van der Waals surface area contributed by atoms with Gasteiger partial charge in [0.15, 0.2) is 0 Å². The monoisotopic (exact) mass is 180 g/mol. The lowest BCUT2D eigenvalue weighted by Gasteiger charge is -2.10. The van der Waals surface area contributed by atoms with E-state index in [2.05, 4.69) is 23.8 Å². The van der Waals surface area contributed by atoms with Crippen LogP contribution in [-0.4, -0.2) is 21.2 Å². The van der Waals surface area contributed by atoms with E-state index in [4.69, 9.17) is 0 Å². The summed E-state index contributed by atoms with van der Waals surface area (Å²) in [6.45, 7) is 4.39. The number of aliphatic hydroxyl groups is 1. The minimum absolute atomic E-state index is 0.235. The van der Waals surface area contributed by atoms with Gasteiger partial charge in [-0.2, -0.15) is 0 Å². The molecular weight excluding hydrogens is 164 g/mol. The maximum absolute atomic E-state index is 9.84. The predicted octanol–water partition coefficient (Wildman–Crippen LogP) is 1.36. The van der Waals surface area contributed by atoms with E-state index in [0.29, 0.717) is 17.8 Å². The summed E-state index contributed by atoms with van der Waals surface area (Å²) in [5.41, 5.74) is 0.339. The van der Waals surface area contributed by atoms with E-state index in [9.17, 15) is 5.11 Å². The second-order valence-electron chi connectivity index (χ2n) is 4.61. The summed E-state index contributed by atoms with van der Waals surface area (Å²) in [5, 5.41) is 9.84. The van der Waals surface area contributed by atoms with Gasteiger partial charge < -0.3 is 10.1 Å². The third-order valence-electron chi connectivity index (χ3n) is 3.01. The highest BCUT2D eigenvalue weighted by molar-refractivity contribution is 5.02. The fourth-order valence-corrected chi connectivity index (χ4v) is 1.91. The van der Waals surface area contributed by atoms with Crippen LogP contribution in [0.4, 0.5) is 0 Å². The number of rotatable bonds is 3. The van der Waals surface area contributed by atoms with Crippen LogP contribution >= 0.6 is 0 Å². The molecule has 2 unspecified atom stereocenters. The maximum atomic E-state index is 9.84. The molecule has 1 fully saturated rings. The first-order chi connectivity index (χ1) is 6.09. The second kappa shape index (κ2) is 2.84. The van der Waals surface area contributed by atoms with Crippen LogP contribution < -0.4 is 0 Å². The molecule has 2 atom stereocenters. The van der Waals surface area contributed by atoms with Crippen molar-refractivity contribution < 1.29 is 5.11 Å². The molecule has 1 aromatic rings. The van der Waals surface area contributed by atoms with Gasteiger partial charge in [-0.3, -0.25) is 0 Å². The molecule has 1 aromatic heterocycles. The summed E-state index contributed by atoms with van der Waals surface area (Å²) in [6, 6.07) is 0. The van der Waals surface area contributed by atoms with Crippen LogP contribution in [0.5, 0.6) is 0 Å². The zero-order chi connectivity index (χ0) is 9.47. The minimum atomic E-state index is -0.235. The zero-order valence-corrected chi connectivity index (χ0v) is 8.12. The summed E-state index contributed by atoms with van der Waals surface area (Å²) >= 11 is 0. The van der Waals surface area contributed by atoms with E-state index in [1.165, 1.54) is 0 Å². The second-order valence-corrected chi connectivity index (χ2v) is 4.61. The van der Waals surface area contributed by atoms with Crippen molar-refractivity contribution in [1.82, 2.24) is 9.97 Å². The highest BCUT2D eigenvalue weighted by atomic mass is 16.3. The largest absolute Gasteiger partial charge is 0.392 e. The van der Waals surface area contributed by atoms with Gasteiger partial charge in [0.05, 0.1) is 6.10 Å². The van der Waals surface area contributed by atoms with E-state index in [-0.39, 0.29) is 6.10 Å². The van der Waals surface area contributed by atoms with Gasteiger partial charge in [0.1, 0.15) is 5.82 Å². The quantitative estimate of drug-likeness (QED) is 0.737. The van der Waals surface area contributed by atoms with Gasteiger partial charge in [-0.05, 0) is 17.8 Å². The van der Waals surface area contributed by atoms with Gasteiger partial charge in [-0.15, -0.1) is 0 Å². The van der Waals surface area contributed by atoms with Crippen molar-refractivity contribution in [2.75, 3.05) is 0 Å². The number of nitrogens with one attached hydrogen (secondary N) is 1. The molecule has 1 aliphatic rings. The normalized spacial score (nSPS) is 27.2. The Kier molecular flexibility index (Phi) is 1.91. The predicted molar refractivity (Wildman–Crippen MR) is 50.2 cm³/mol. The van der Waals surface area contributed by atoms with E-state index in [1.54, 1.807) is 12.4 Å². The first kappa shape index (κ1) is 8.75. The molecule has 1 aliphatic carbocycles. The number of aliphatic hydroxyl groups excluding tert-OH is 1. The molecule has 0 saturated heterocycles. The van der Waals surface area contributed by atoms with Crippen LogP contribution in [0.25, 0.3) is 0 Å². The third kappa shape index (κ3) is 1.75. The minimum Gasteiger partial charge on any atom is -0.392 e. The average molecular weight is 180 g/mol. The lowest BCUT2D eigenvalue weighted by Crippen LogP contribution is -2.16. The average Bonchev–Trinajstić information content (AvgIpc) is 2.49. The Morgan fingerprint density at radius 3 is 2.92 bits per heavy atom. The Morgan fingerprint density at radius 2 is 2.46 bits per heavy atom. The smallest absolute Gasteiger partial charge is 0.108 e. The first-order valence-corrected chi connectivity index (χ1v) is 4.76. The summed E-state index contributed by atoms with van der Waals surface area (Å²) in [7, 11) is 0. The van der Waals surface area contributed by atoms with Gasteiger partial charge in [-0.1, -0.05) is 13.8 Å². The van der Waals surface area contributed by atoms with Crippen molar-refractivity contribution in [1.29, 1.82) is 0 Å². The Morgan fingerprint density at radius 1 is 1.77 bits per heavy atom. The SMILES string of the molecule is CC1(C)CC1C(O)Cc1ncc[nH]1. The van der Waals surface area contributed by atoms with E-state index >= 15 is 0 Å². The van der Waals surface area contributed by atoms with E-state index < -0.39 is 0 Å². The van der Waals surface area contributed by atoms with Crippen molar-refractivity contribution in [3.05, 3.63) is 18.2 Å². The van der Waals surface area contributed by atoms with Crippen LogP contribution in [0.1, 0.15) is 26.1 Å². The van der Waals surface area contributed by atoms with Crippen molar-refractivity contribution in [2.24, 2.45) is 11.3 Å². The number of aromatic nitrogens is 2. The molecule has 0 aliphatic heterocycles. The van der Waals surface area contributed by atoms with Gasteiger partial charge in [0.2, 0.25) is 0 Å². The Balaban J connectivity index is 1.90. The molecular formula is C10H16N2O. The number of imidazole rings is 1. The number of hydrogen-bond donors (Lipinski definition) is 2. The van der Waals surface area contributed by atoms with E-state index in [0.717, 1.165) is 12.2 Å². The summed E-state index contributed by atoms with van der Waals surface area (Å²) in [5.74, 6) is 1.34. The van der Waals surface area contributed by atoms with E-state index in [1.807, 2.05) is 0 Å². The number of nitrogens with zero attached hydrogens (tertiary/aromatic N) is 1. The molecule has 1 saturated carbocycles. The summed E-state index contributed by atoms with van der Waals surface area (Å²) < 4.78 is 0. The van der Waals surface area contributed by atoms with Gasteiger partial charge in [-0.25, -0.2) is 4.98 Å². The lowest BCUT2D eigenvalue weighted by atomic mass is 10.0. The molecule has 0 bridgehead atoms. The molecule has 13 heavy (non-hydrogen) atoms. The number of hydrogen-bond acceptors (Lipinski definition) is 2.